The van der Waals surface area contributed by atoms with Gasteiger partial charge in [-0.25, -0.2) is 4.79 Å². The molecule has 5 heteroatoms. The van der Waals surface area contributed by atoms with E-state index in [1.165, 1.54) is 6.07 Å². The largest absolute Gasteiger partial charge is 0.508 e. The van der Waals surface area contributed by atoms with Crippen LogP contribution in [-0.4, -0.2) is 27.4 Å². The minimum Gasteiger partial charge on any atom is -0.508 e. The van der Waals surface area contributed by atoms with E-state index in [-0.39, 0.29) is 30.1 Å². The summed E-state index contributed by atoms with van der Waals surface area (Å²) in [5.74, 6) is -1.22. The second-order valence-electron chi connectivity index (χ2n) is 6.51. The average molecular weight is 344 g/mol. The summed E-state index contributed by atoms with van der Waals surface area (Å²) in [4.78, 5) is 12.5. The minimum atomic E-state index is -0.727. The molecule has 0 amide bonds. The molecular weight excluding hydrogens is 320 g/mol. The fourth-order valence-corrected chi connectivity index (χ4v) is 3.03. The van der Waals surface area contributed by atoms with Gasteiger partial charge in [-0.15, -0.1) is 0 Å². The van der Waals surface area contributed by atoms with Gasteiger partial charge in [-0.05, 0) is 62.4 Å². The van der Waals surface area contributed by atoms with Crippen LogP contribution in [0.1, 0.15) is 45.1 Å². The number of aromatic hydroxyl groups is 2. The lowest BCUT2D eigenvalue weighted by Gasteiger charge is -2.15. The number of rotatable bonds is 5. The second kappa shape index (κ2) is 7.57. The first kappa shape index (κ1) is 18.8. The summed E-state index contributed by atoms with van der Waals surface area (Å²) < 4.78 is 5.40. The summed E-state index contributed by atoms with van der Waals surface area (Å²) >= 11 is 0. The Labute approximate surface area is 147 Å². The molecular formula is C20H24O5. The molecule has 0 radical (unpaired) electrons. The van der Waals surface area contributed by atoms with Gasteiger partial charge in [0.2, 0.25) is 0 Å². The van der Waals surface area contributed by atoms with Gasteiger partial charge < -0.3 is 20.1 Å². The summed E-state index contributed by atoms with van der Waals surface area (Å²) in [6.45, 7) is 7.58. The van der Waals surface area contributed by atoms with Crippen LogP contribution in [0.15, 0.2) is 24.3 Å². The summed E-state index contributed by atoms with van der Waals surface area (Å²) in [7, 11) is 0. The molecule has 0 aliphatic carbocycles. The number of aryl methyl sites for hydroxylation is 3. The Balaban J connectivity index is 2.27. The molecule has 0 aliphatic heterocycles. The van der Waals surface area contributed by atoms with Crippen LogP contribution in [0.3, 0.4) is 0 Å². The minimum absolute atomic E-state index is 0.0267. The Morgan fingerprint density at radius 2 is 1.68 bits per heavy atom. The van der Waals surface area contributed by atoms with Crippen molar-refractivity contribution >= 4 is 5.97 Å². The van der Waals surface area contributed by atoms with Gasteiger partial charge in [0.25, 0.3) is 0 Å². The van der Waals surface area contributed by atoms with Gasteiger partial charge in [-0.1, -0.05) is 17.7 Å². The van der Waals surface area contributed by atoms with E-state index in [1.807, 2.05) is 32.9 Å². The molecule has 0 unspecified atom stereocenters. The number of phenolic OH excluding ortho intramolecular Hbond substituents is 2. The molecule has 2 rings (SSSR count). The van der Waals surface area contributed by atoms with Gasteiger partial charge in [0.15, 0.2) is 0 Å². The lowest BCUT2D eigenvalue weighted by molar-refractivity contribution is 0.0466. The van der Waals surface area contributed by atoms with E-state index in [9.17, 15) is 20.1 Å². The zero-order chi connectivity index (χ0) is 18.7. The summed E-state index contributed by atoms with van der Waals surface area (Å²) in [6.07, 6.45) is -0.607. The first-order valence-electron chi connectivity index (χ1n) is 8.15. The van der Waals surface area contributed by atoms with Crippen molar-refractivity contribution < 1.29 is 24.9 Å². The highest BCUT2D eigenvalue weighted by Gasteiger charge is 2.21. The highest BCUT2D eigenvalue weighted by molar-refractivity contribution is 5.94. The molecule has 2 aromatic carbocycles. The molecule has 5 nitrogen and oxygen atoms in total. The molecule has 0 heterocycles. The highest BCUT2D eigenvalue weighted by atomic mass is 16.5. The predicted octanol–water partition coefficient (Wildman–Crippen LogP) is 3.30. The second-order valence-corrected chi connectivity index (χ2v) is 6.51. The maximum absolute atomic E-state index is 12.5. The Bertz CT molecular complexity index is 770. The number of hydrogen-bond donors (Lipinski definition) is 3. The molecule has 0 saturated heterocycles. The van der Waals surface area contributed by atoms with Crippen LogP contribution >= 0.6 is 0 Å². The standard InChI is InChI=1S/C20H24O5/c1-11-5-12(2)17(13(3)6-11)10-25-20(24)19-15(7-14(4)21)8-16(22)9-18(19)23/h5-6,8-9,14,21-23H,7,10H2,1-4H3/t14-/m0/s1. The van der Waals surface area contributed by atoms with E-state index in [4.69, 9.17) is 4.74 Å². The van der Waals surface area contributed by atoms with Crippen LogP contribution in [0.2, 0.25) is 0 Å². The van der Waals surface area contributed by atoms with Crippen LogP contribution in [0.25, 0.3) is 0 Å². The van der Waals surface area contributed by atoms with E-state index in [2.05, 4.69) is 0 Å². The normalized spacial score (nSPS) is 12.0. The third-order valence-electron chi connectivity index (χ3n) is 4.09. The lowest BCUT2D eigenvalue weighted by Crippen LogP contribution is -2.13. The number of esters is 1. The van der Waals surface area contributed by atoms with Crippen LogP contribution in [0, 0.1) is 20.8 Å². The van der Waals surface area contributed by atoms with Crippen molar-refractivity contribution in [1.29, 1.82) is 0 Å². The number of benzene rings is 2. The van der Waals surface area contributed by atoms with E-state index < -0.39 is 12.1 Å². The zero-order valence-electron chi connectivity index (χ0n) is 15.0. The van der Waals surface area contributed by atoms with Crippen molar-refractivity contribution in [1.82, 2.24) is 0 Å². The van der Waals surface area contributed by atoms with Crippen molar-refractivity contribution in [2.45, 2.75) is 46.8 Å². The molecule has 2 aromatic rings. The monoisotopic (exact) mass is 344 g/mol. The van der Waals surface area contributed by atoms with Gasteiger partial charge in [0.1, 0.15) is 23.7 Å². The number of hydrogen-bond acceptors (Lipinski definition) is 5. The first-order chi connectivity index (χ1) is 11.7. The molecule has 1 atom stereocenters. The summed E-state index contributed by atoms with van der Waals surface area (Å²) in [5.41, 5.74) is 4.44. The summed E-state index contributed by atoms with van der Waals surface area (Å²) in [6, 6.07) is 6.48. The van der Waals surface area contributed by atoms with Crippen LogP contribution < -0.4 is 0 Å². The van der Waals surface area contributed by atoms with E-state index in [0.29, 0.717) is 5.56 Å². The summed E-state index contributed by atoms with van der Waals surface area (Å²) in [5, 5.41) is 29.3. The average Bonchev–Trinajstić information content (AvgIpc) is 2.44. The maximum atomic E-state index is 12.5. The molecule has 0 fully saturated rings. The van der Waals surface area contributed by atoms with E-state index in [0.717, 1.165) is 28.3 Å². The van der Waals surface area contributed by atoms with Crippen molar-refractivity contribution in [3.05, 3.63) is 57.6 Å². The maximum Gasteiger partial charge on any atom is 0.342 e. The van der Waals surface area contributed by atoms with Gasteiger partial charge in [0, 0.05) is 6.07 Å². The van der Waals surface area contributed by atoms with Crippen LogP contribution in [-0.2, 0) is 17.8 Å². The van der Waals surface area contributed by atoms with Gasteiger partial charge in [-0.3, -0.25) is 0 Å². The number of carbonyl (C=O) groups excluding carboxylic acids is 1. The third-order valence-corrected chi connectivity index (χ3v) is 4.09. The first-order valence-corrected chi connectivity index (χ1v) is 8.15. The molecule has 0 spiro atoms. The molecule has 134 valence electrons. The van der Waals surface area contributed by atoms with Crippen LogP contribution in [0.4, 0.5) is 0 Å². The van der Waals surface area contributed by atoms with Gasteiger partial charge >= 0.3 is 5.97 Å². The molecule has 25 heavy (non-hydrogen) atoms. The number of carbonyl (C=O) groups is 1. The quantitative estimate of drug-likeness (QED) is 0.725. The molecule has 3 N–H and O–H groups in total. The number of phenols is 2. The topological polar surface area (TPSA) is 87.0 Å². The molecule has 0 bridgehead atoms. The smallest absolute Gasteiger partial charge is 0.342 e. The van der Waals surface area contributed by atoms with Crippen molar-refractivity contribution in [2.24, 2.45) is 0 Å². The Kier molecular flexibility index (Phi) is 5.69. The number of ether oxygens (including phenoxy) is 1. The van der Waals surface area contributed by atoms with Crippen molar-refractivity contribution in [2.75, 3.05) is 0 Å². The predicted molar refractivity (Wildman–Crippen MR) is 94.9 cm³/mol. The fraction of sp³-hybridized carbons (Fsp3) is 0.350. The Morgan fingerprint density at radius 1 is 1.08 bits per heavy atom. The van der Waals surface area contributed by atoms with Crippen molar-refractivity contribution in [3.8, 4) is 11.5 Å². The van der Waals surface area contributed by atoms with E-state index >= 15 is 0 Å². The van der Waals surface area contributed by atoms with Gasteiger partial charge in [-0.2, -0.15) is 0 Å². The Hall–Kier alpha value is -2.53. The SMILES string of the molecule is Cc1cc(C)c(COC(=O)c2c(O)cc(O)cc2C[C@H](C)O)c(C)c1. The fourth-order valence-electron chi connectivity index (χ4n) is 3.03. The number of aliphatic hydroxyl groups excluding tert-OH is 1. The molecule has 0 aromatic heterocycles. The van der Waals surface area contributed by atoms with Gasteiger partial charge in [0.05, 0.1) is 6.10 Å². The van der Waals surface area contributed by atoms with E-state index in [1.54, 1.807) is 6.92 Å². The third kappa shape index (κ3) is 4.51. The molecule has 0 aliphatic rings. The lowest BCUT2D eigenvalue weighted by atomic mass is 9.99. The van der Waals surface area contributed by atoms with Crippen molar-refractivity contribution in [3.63, 3.8) is 0 Å². The Morgan fingerprint density at radius 3 is 2.24 bits per heavy atom. The van der Waals surface area contributed by atoms with Crippen LogP contribution in [0.5, 0.6) is 11.5 Å². The number of aliphatic hydroxyl groups is 1. The molecule has 0 saturated carbocycles. The zero-order valence-corrected chi connectivity index (χ0v) is 15.0. The highest BCUT2D eigenvalue weighted by Crippen LogP contribution is 2.29.